The summed E-state index contributed by atoms with van der Waals surface area (Å²) in [6.07, 6.45) is 6.48. The van der Waals surface area contributed by atoms with Crippen molar-refractivity contribution in [2.45, 2.75) is 19.9 Å². The van der Waals surface area contributed by atoms with Crippen LogP contribution in [0.2, 0.25) is 0 Å². The summed E-state index contributed by atoms with van der Waals surface area (Å²) in [5.41, 5.74) is 0. The van der Waals surface area contributed by atoms with Crippen molar-refractivity contribution in [3.05, 3.63) is 18.7 Å². The van der Waals surface area contributed by atoms with Gasteiger partial charge in [-0.1, -0.05) is 6.92 Å². The van der Waals surface area contributed by atoms with E-state index in [1.807, 2.05) is 10.8 Å². The molecule has 0 aromatic carbocycles. The Morgan fingerprint density at radius 3 is 2.95 bits per heavy atom. The van der Waals surface area contributed by atoms with Crippen LogP contribution < -0.4 is 10.6 Å². The lowest BCUT2D eigenvalue weighted by molar-refractivity contribution is -0.124. The van der Waals surface area contributed by atoms with Crippen molar-refractivity contribution >= 4 is 30.7 Å². The molecule has 2 rings (SSSR count). The predicted octanol–water partition coefficient (Wildman–Crippen LogP) is 1.09. The number of hydrogen-bond acceptors (Lipinski definition) is 3. The summed E-state index contributed by atoms with van der Waals surface area (Å²) in [6, 6.07) is 0. The SMILES string of the molecule is CC(CNC(=O)C1CCNC1)Cn1ccnc1.Cl.Cl. The molecule has 2 N–H and O–H groups in total. The van der Waals surface area contributed by atoms with Crippen molar-refractivity contribution in [1.82, 2.24) is 20.2 Å². The fourth-order valence-corrected chi connectivity index (χ4v) is 2.12. The number of carbonyl (C=O) groups is 1. The van der Waals surface area contributed by atoms with Gasteiger partial charge in [0.15, 0.2) is 0 Å². The number of amides is 1. The molecular weight excluding hydrogens is 287 g/mol. The summed E-state index contributed by atoms with van der Waals surface area (Å²) >= 11 is 0. The summed E-state index contributed by atoms with van der Waals surface area (Å²) < 4.78 is 2.04. The molecule has 110 valence electrons. The first-order chi connectivity index (χ1) is 8.25. The second kappa shape index (κ2) is 9.18. The van der Waals surface area contributed by atoms with Crippen LogP contribution in [0.15, 0.2) is 18.7 Å². The van der Waals surface area contributed by atoms with E-state index in [0.717, 1.165) is 32.6 Å². The molecule has 5 nitrogen and oxygen atoms in total. The Labute approximate surface area is 126 Å². The smallest absolute Gasteiger partial charge is 0.224 e. The first kappa shape index (κ1) is 18.2. The number of carbonyl (C=O) groups excluding carboxylic acids is 1. The van der Waals surface area contributed by atoms with Gasteiger partial charge in [-0.15, -0.1) is 24.8 Å². The number of rotatable bonds is 5. The highest BCUT2D eigenvalue weighted by Crippen LogP contribution is 2.07. The van der Waals surface area contributed by atoms with Crippen molar-refractivity contribution in [1.29, 1.82) is 0 Å². The normalized spacial score (nSPS) is 19.1. The highest BCUT2D eigenvalue weighted by molar-refractivity contribution is 5.85. The Hall–Kier alpha value is -0.780. The molecule has 1 aliphatic heterocycles. The zero-order valence-corrected chi connectivity index (χ0v) is 12.7. The largest absolute Gasteiger partial charge is 0.355 e. The molecule has 0 spiro atoms. The molecule has 7 heteroatoms. The third-order valence-corrected chi connectivity index (χ3v) is 3.14. The topological polar surface area (TPSA) is 59.0 Å². The van der Waals surface area contributed by atoms with Crippen LogP contribution in [0.4, 0.5) is 0 Å². The zero-order chi connectivity index (χ0) is 12.1. The van der Waals surface area contributed by atoms with Crippen LogP contribution in [-0.4, -0.2) is 35.1 Å². The molecule has 1 saturated heterocycles. The molecule has 2 unspecified atom stereocenters. The van der Waals surface area contributed by atoms with Gasteiger partial charge in [0.2, 0.25) is 5.91 Å². The van der Waals surface area contributed by atoms with E-state index < -0.39 is 0 Å². The van der Waals surface area contributed by atoms with E-state index in [0.29, 0.717) is 5.92 Å². The first-order valence-corrected chi connectivity index (χ1v) is 6.20. The third-order valence-electron chi connectivity index (χ3n) is 3.14. The molecule has 0 saturated carbocycles. The average molecular weight is 309 g/mol. The maximum Gasteiger partial charge on any atom is 0.224 e. The number of nitrogens with zero attached hydrogens (tertiary/aromatic N) is 2. The van der Waals surface area contributed by atoms with Crippen LogP contribution in [0.1, 0.15) is 13.3 Å². The van der Waals surface area contributed by atoms with E-state index in [-0.39, 0.29) is 36.6 Å². The predicted molar refractivity (Wildman–Crippen MR) is 79.9 cm³/mol. The minimum atomic E-state index is 0. The number of aromatic nitrogens is 2. The third kappa shape index (κ3) is 5.80. The van der Waals surface area contributed by atoms with Gasteiger partial charge in [0.25, 0.3) is 0 Å². The van der Waals surface area contributed by atoms with Gasteiger partial charge in [0.05, 0.1) is 12.2 Å². The zero-order valence-electron chi connectivity index (χ0n) is 11.0. The summed E-state index contributed by atoms with van der Waals surface area (Å²) in [6.45, 7) is 5.54. The molecular formula is C12H22Cl2N4O. The second-order valence-corrected chi connectivity index (χ2v) is 4.80. The quantitative estimate of drug-likeness (QED) is 0.856. The van der Waals surface area contributed by atoms with E-state index >= 15 is 0 Å². The van der Waals surface area contributed by atoms with E-state index in [1.165, 1.54) is 0 Å². The Morgan fingerprint density at radius 1 is 1.58 bits per heavy atom. The van der Waals surface area contributed by atoms with Crippen LogP contribution in [-0.2, 0) is 11.3 Å². The first-order valence-electron chi connectivity index (χ1n) is 6.20. The minimum Gasteiger partial charge on any atom is -0.355 e. The Balaban J connectivity index is 0.00000162. The van der Waals surface area contributed by atoms with E-state index in [4.69, 9.17) is 0 Å². The molecule has 0 aliphatic carbocycles. The van der Waals surface area contributed by atoms with E-state index in [2.05, 4.69) is 22.5 Å². The van der Waals surface area contributed by atoms with Crippen molar-refractivity contribution in [3.63, 3.8) is 0 Å². The van der Waals surface area contributed by atoms with Gasteiger partial charge in [0, 0.05) is 32.0 Å². The summed E-state index contributed by atoms with van der Waals surface area (Å²) in [7, 11) is 0. The minimum absolute atomic E-state index is 0. The van der Waals surface area contributed by atoms with Crippen LogP contribution in [0.25, 0.3) is 0 Å². The highest BCUT2D eigenvalue weighted by atomic mass is 35.5. The molecule has 1 aliphatic rings. The summed E-state index contributed by atoms with van der Waals surface area (Å²) in [5, 5.41) is 6.23. The molecule has 2 atom stereocenters. The van der Waals surface area contributed by atoms with Crippen LogP contribution in [0.5, 0.6) is 0 Å². The fraction of sp³-hybridized carbons (Fsp3) is 0.667. The van der Waals surface area contributed by atoms with E-state index in [1.54, 1.807) is 12.5 Å². The van der Waals surface area contributed by atoms with Gasteiger partial charge in [-0.25, -0.2) is 4.98 Å². The maximum atomic E-state index is 11.8. The number of nitrogens with one attached hydrogen (secondary N) is 2. The van der Waals surface area contributed by atoms with Crippen molar-refractivity contribution in [2.24, 2.45) is 11.8 Å². The lowest BCUT2D eigenvalue weighted by atomic mass is 10.1. The lowest BCUT2D eigenvalue weighted by Crippen LogP contribution is -2.35. The van der Waals surface area contributed by atoms with Gasteiger partial charge >= 0.3 is 0 Å². The van der Waals surface area contributed by atoms with Gasteiger partial charge in [-0.05, 0) is 18.9 Å². The molecule has 1 aromatic heterocycles. The average Bonchev–Trinajstić information content (AvgIpc) is 2.97. The summed E-state index contributed by atoms with van der Waals surface area (Å²) in [4.78, 5) is 15.8. The van der Waals surface area contributed by atoms with Crippen LogP contribution >= 0.6 is 24.8 Å². The molecule has 2 heterocycles. The Kier molecular flexibility index (Phi) is 8.80. The van der Waals surface area contributed by atoms with Gasteiger partial charge in [-0.2, -0.15) is 0 Å². The van der Waals surface area contributed by atoms with Gasteiger partial charge in [0.1, 0.15) is 0 Å². The monoisotopic (exact) mass is 308 g/mol. The Morgan fingerprint density at radius 2 is 2.37 bits per heavy atom. The van der Waals surface area contributed by atoms with Gasteiger partial charge in [-0.3, -0.25) is 4.79 Å². The number of hydrogen-bond donors (Lipinski definition) is 2. The van der Waals surface area contributed by atoms with Crippen molar-refractivity contribution in [3.8, 4) is 0 Å². The molecule has 0 radical (unpaired) electrons. The molecule has 1 amide bonds. The highest BCUT2D eigenvalue weighted by Gasteiger charge is 2.22. The summed E-state index contributed by atoms with van der Waals surface area (Å²) in [5.74, 6) is 0.769. The van der Waals surface area contributed by atoms with E-state index in [9.17, 15) is 4.79 Å². The Bertz CT molecular complexity index is 353. The van der Waals surface area contributed by atoms with Gasteiger partial charge < -0.3 is 15.2 Å². The van der Waals surface area contributed by atoms with Crippen molar-refractivity contribution in [2.75, 3.05) is 19.6 Å². The molecule has 0 bridgehead atoms. The molecule has 1 aromatic rings. The number of imidazole rings is 1. The maximum absolute atomic E-state index is 11.8. The molecule has 1 fully saturated rings. The van der Waals surface area contributed by atoms with Crippen LogP contribution in [0, 0.1) is 11.8 Å². The lowest BCUT2D eigenvalue weighted by Gasteiger charge is -2.15. The number of halogens is 2. The fourth-order valence-electron chi connectivity index (χ4n) is 2.12. The second-order valence-electron chi connectivity index (χ2n) is 4.80. The molecule has 19 heavy (non-hydrogen) atoms. The standard InChI is InChI=1S/C12H20N4O.2ClH/c1-10(8-16-5-4-14-9-16)6-15-12(17)11-2-3-13-7-11;;/h4-5,9-11,13H,2-3,6-8H2,1H3,(H,15,17);2*1H. The van der Waals surface area contributed by atoms with Crippen LogP contribution in [0.3, 0.4) is 0 Å². The van der Waals surface area contributed by atoms with Crippen molar-refractivity contribution < 1.29 is 4.79 Å².